The number of benzene rings is 3. The molecule has 0 bridgehead atoms. The van der Waals surface area contributed by atoms with Crippen LogP contribution >= 0.6 is 0 Å². The number of hydrogen-bond acceptors (Lipinski definition) is 2. The Balaban J connectivity index is 1.59. The Bertz CT molecular complexity index is 1170. The summed E-state index contributed by atoms with van der Waals surface area (Å²) in [6.45, 7) is 4.63. The average Bonchev–Trinajstić information content (AvgIpc) is 2.95. The van der Waals surface area contributed by atoms with Gasteiger partial charge in [0.05, 0.1) is 0 Å². The first-order valence-corrected chi connectivity index (χ1v) is 14.3. The van der Waals surface area contributed by atoms with Crippen molar-refractivity contribution < 1.29 is 9.59 Å². The molecule has 1 aliphatic rings. The van der Waals surface area contributed by atoms with E-state index in [1.54, 1.807) is 0 Å². The number of nitrogens with one attached hydrogen (secondary N) is 1. The topological polar surface area (TPSA) is 49.4 Å². The van der Waals surface area contributed by atoms with E-state index in [2.05, 4.69) is 61.6 Å². The molecule has 0 unspecified atom stereocenters. The Morgan fingerprint density at radius 3 is 2.21 bits per heavy atom. The molecule has 38 heavy (non-hydrogen) atoms. The van der Waals surface area contributed by atoms with Gasteiger partial charge in [-0.2, -0.15) is 0 Å². The Hall–Kier alpha value is -3.40. The molecule has 4 heteroatoms. The van der Waals surface area contributed by atoms with Gasteiger partial charge in [0.15, 0.2) is 0 Å². The summed E-state index contributed by atoms with van der Waals surface area (Å²) in [4.78, 5) is 29.6. The third-order valence-corrected chi connectivity index (χ3v) is 7.72. The minimum atomic E-state index is -0.560. The molecule has 2 amide bonds. The molecule has 200 valence electrons. The average molecular weight is 511 g/mol. The lowest BCUT2D eigenvalue weighted by molar-refractivity contribution is -0.141. The van der Waals surface area contributed by atoms with E-state index in [1.165, 1.54) is 12.0 Å². The third-order valence-electron chi connectivity index (χ3n) is 7.72. The molecule has 3 aromatic rings. The highest BCUT2D eigenvalue weighted by Crippen LogP contribution is 2.21. The van der Waals surface area contributed by atoms with Crippen LogP contribution in [0.3, 0.4) is 0 Å². The fourth-order valence-electron chi connectivity index (χ4n) is 5.44. The van der Waals surface area contributed by atoms with Gasteiger partial charge in [-0.05, 0) is 54.9 Å². The van der Waals surface area contributed by atoms with Crippen molar-refractivity contribution in [2.45, 2.75) is 90.3 Å². The van der Waals surface area contributed by atoms with Gasteiger partial charge in [0.25, 0.3) is 0 Å². The van der Waals surface area contributed by atoms with E-state index in [9.17, 15) is 9.59 Å². The summed E-state index contributed by atoms with van der Waals surface area (Å²) in [5.74, 6) is -0.0140. The predicted molar refractivity (Wildman–Crippen MR) is 155 cm³/mol. The maximum absolute atomic E-state index is 13.9. The third kappa shape index (κ3) is 8.05. The Morgan fingerprint density at radius 2 is 1.53 bits per heavy atom. The zero-order chi connectivity index (χ0) is 26.7. The highest BCUT2D eigenvalue weighted by atomic mass is 16.2. The molecule has 4 nitrogen and oxygen atoms in total. The van der Waals surface area contributed by atoms with E-state index in [1.807, 2.05) is 41.3 Å². The predicted octanol–water partition coefficient (Wildman–Crippen LogP) is 6.58. The van der Waals surface area contributed by atoms with Crippen LogP contribution in [0.25, 0.3) is 0 Å². The molecule has 0 aromatic heterocycles. The van der Waals surface area contributed by atoms with Gasteiger partial charge in [0.1, 0.15) is 6.04 Å². The second kappa shape index (κ2) is 13.9. The van der Waals surface area contributed by atoms with Gasteiger partial charge in [-0.25, -0.2) is 0 Å². The monoisotopic (exact) mass is 510 g/mol. The summed E-state index contributed by atoms with van der Waals surface area (Å²) in [7, 11) is 0. The Morgan fingerprint density at radius 1 is 0.842 bits per heavy atom. The first-order chi connectivity index (χ1) is 18.5. The van der Waals surface area contributed by atoms with Crippen molar-refractivity contribution in [3.05, 3.63) is 107 Å². The minimum Gasteiger partial charge on any atom is -0.352 e. The fraction of sp³-hybridized carbons (Fsp3) is 0.412. The summed E-state index contributed by atoms with van der Waals surface area (Å²) in [6, 6.07) is 26.5. The number of hydrogen-bond donors (Lipinski definition) is 1. The molecule has 4 rings (SSSR count). The molecule has 1 N–H and O–H groups in total. The summed E-state index contributed by atoms with van der Waals surface area (Å²) in [5.41, 5.74) is 5.71. The van der Waals surface area contributed by atoms with Crippen molar-refractivity contribution in [2.75, 3.05) is 0 Å². The molecule has 0 heterocycles. The van der Waals surface area contributed by atoms with Crippen molar-refractivity contribution >= 4 is 11.8 Å². The summed E-state index contributed by atoms with van der Waals surface area (Å²) in [5, 5.41) is 3.33. The van der Waals surface area contributed by atoms with Crippen LogP contribution < -0.4 is 5.32 Å². The maximum Gasteiger partial charge on any atom is 0.243 e. The standard InChI is InChI=1S/C34H42N2O2/c1-3-27-17-19-28(20-18-27)21-22-33(37)36(25-30-14-10-11-26(2)23-30)32(24-29-12-6-4-7-13-29)34(38)35-31-15-8-5-9-16-31/h4,6-7,10-14,17-20,23,31-32H,3,5,8-9,15-16,21-22,24-25H2,1-2H3,(H,35,38)/t32-/m0/s1. The van der Waals surface area contributed by atoms with E-state index in [4.69, 9.17) is 0 Å². The van der Waals surface area contributed by atoms with Crippen LogP contribution in [0, 0.1) is 6.92 Å². The maximum atomic E-state index is 13.9. The molecule has 1 fully saturated rings. The van der Waals surface area contributed by atoms with Gasteiger partial charge in [-0.1, -0.05) is 111 Å². The molecule has 1 saturated carbocycles. The zero-order valence-electron chi connectivity index (χ0n) is 23.0. The van der Waals surface area contributed by atoms with Crippen LogP contribution in [-0.4, -0.2) is 28.8 Å². The molecule has 1 atom stereocenters. The molecule has 3 aromatic carbocycles. The fourth-order valence-corrected chi connectivity index (χ4v) is 5.44. The lowest BCUT2D eigenvalue weighted by Crippen LogP contribution is -2.52. The number of carbonyl (C=O) groups is 2. The van der Waals surface area contributed by atoms with Crippen molar-refractivity contribution in [2.24, 2.45) is 0 Å². The first-order valence-electron chi connectivity index (χ1n) is 14.3. The number of aryl methyl sites for hydroxylation is 3. The van der Waals surface area contributed by atoms with Crippen LogP contribution in [0.4, 0.5) is 0 Å². The van der Waals surface area contributed by atoms with Crippen LogP contribution in [0.2, 0.25) is 0 Å². The van der Waals surface area contributed by atoms with Crippen LogP contribution in [-0.2, 0) is 35.4 Å². The van der Waals surface area contributed by atoms with E-state index in [0.717, 1.165) is 54.4 Å². The van der Waals surface area contributed by atoms with Crippen molar-refractivity contribution in [1.29, 1.82) is 0 Å². The summed E-state index contributed by atoms with van der Waals surface area (Å²) >= 11 is 0. The van der Waals surface area contributed by atoms with Crippen LogP contribution in [0.5, 0.6) is 0 Å². The van der Waals surface area contributed by atoms with Crippen molar-refractivity contribution in [3.8, 4) is 0 Å². The second-order valence-corrected chi connectivity index (χ2v) is 10.7. The van der Waals surface area contributed by atoms with Gasteiger partial charge in [-0.3, -0.25) is 9.59 Å². The van der Waals surface area contributed by atoms with Crippen molar-refractivity contribution in [1.82, 2.24) is 10.2 Å². The molecular weight excluding hydrogens is 468 g/mol. The van der Waals surface area contributed by atoms with Crippen molar-refractivity contribution in [3.63, 3.8) is 0 Å². The number of nitrogens with zero attached hydrogens (tertiary/aromatic N) is 1. The quantitative estimate of drug-likeness (QED) is 0.317. The van der Waals surface area contributed by atoms with Gasteiger partial charge in [0, 0.05) is 25.4 Å². The molecule has 1 aliphatic carbocycles. The van der Waals surface area contributed by atoms with Gasteiger partial charge < -0.3 is 10.2 Å². The molecule has 0 saturated heterocycles. The van der Waals surface area contributed by atoms with E-state index in [-0.39, 0.29) is 17.9 Å². The SMILES string of the molecule is CCc1ccc(CCC(=O)N(Cc2cccc(C)c2)[C@@H](Cc2ccccc2)C(=O)NC2CCCCC2)cc1. The van der Waals surface area contributed by atoms with E-state index >= 15 is 0 Å². The Labute approximate surface area is 228 Å². The van der Waals surface area contributed by atoms with E-state index in [0.29, 0.717) is 25.8 Å². The van der Waals surface area contributed by atoms with Gasteiger partial charge >= 0.3 is 0 Å². The highest BCUT2D eigenvalue weighted by Gasteiger charge is 2.31. The molecule has 0 radical (unpaired) electrons. The van der Waals surface area contributed by atoms with Crippen LogP contribution in [0.15, 0.2) is 78.9 Å². The molecular formula is C34H42N2O2. The van der Waals surface area contributed by atoms with Gasteiger partial charge in [-0.15, -0.1) is 0 Å². The summed E-state index contributed by atoms with van der Waals surface area (Å²) < 4.78 is 0. The zero-order valence-corrected chi connectivity index (χ0v) is 23.0. The summed E-state index contributed by atoms with van der Waals surface area (Å²) in [6.07, 6.45) is 8.11. The first kappa shape index (κ1) is 27.6. The minimum absolute atomic E-state index is 0.0193. The smallest absolute Gasteiger partial charge is 0.243 e. The number of amides is 2. The van der Waals surface area contributed by atoms with Crippen LogP contribution in [0.1, 0.15) is 73.3 Å². The van der Waals surface area contributed by atoms with Gasteiger partial charge in [0.2, 0.25) is 11.8 Å². The lowest BCUT2D eigenvalue weighted by atomic mass is 9.94. The van der Waals surface area contributed by atoms with E-state index < -0.39 is 6.04 Å². The lowest BCUT2D eigenvalue weighted by Gasteiger charge is -2.33. The molecule has 0 spiro atoms. The molecule has 0 aliphatic heterocycles. The largest absolute Gasteiger partial charge is 0.352 e. The number of rotatable bonds is 11. The highest BCUT2D eigenvalue weighted by molar-refractivity contribution is 5.88. The normalized spacial score (nSPS) is 14.6. The number of carbonyl (C=O) groups excluding carboxylic acids is 2. The second-order valence-electron chi connectivity index (χ2n) is 10.7. The Kier molecular flexibility index (Phi) is 10.1.